The maximum Gasteiger partial charge on any atom is 0.0678 e. The SMILES string of the molecule is CCNCc1ccnn1Cc1cc(Cl)ccc1Cl. The van der Waals surface area contributed by atoms with Crippen LogP contribution in [-0.4, -0.2) is 16.3 Å². The Morgan fingerprint density at radius 1 is 1.28 bits per heavy atom. The number of hydrogen-bond donors (Lipinski definition) is 1. The molecule has 2 aromatic rings. The zero-order valence-corrected chi connectivity index (χ0v) is 11.7. The van der Waals surface area contributed by atoms with Gasteiger partial charge in [-0.05, 0) is 36.4 Å². The highest BCUT2D eigenvalue weighted by Crippen LogP contribution is 2.21. The fraction of sp³-hybridized carbons (Fsp3) is 0.308. The Labute approximate surface area is 117 Å². The van der Waals surface area contributed by atoms with Crippen LogP contribution in [-0.2, 0) is 13.1 Å². The molecule has 0 unspecified atom stereocenters. The molecule has 0 saturated heterocycles. The number of rotatable bonds is 5. The van der Waals surface area contributed by atoms with Crippen LogP contribution in [0.2, 0.25) is 10.0 Å². The van der Waals surface area contributed by atoms with Crippen LogP contribution in [0.25, 0.3) is 0 Å². The van der Waals surface area contributed by atoms with E-state index >= 15 is 0 Å². The molecule has 0 amide bonds. The van der Waals surface area contributed by atoms with Gasteiger partial charge in [0.1, 0.15) is 0 Å². The normalized spacial score (nSPS) is 10.8. The lowest BCUT2D eigenvalue weighted by Crippen LogP contribution is -2.16. The fourth-order valence-corrected chi connectivity index (χ4v) is 2.10. The second-order valence-corrected chi connectivity index (χ2v) is 4.84. The molecule has 1 N–H and O–H groups in total. The lowest BCUT2D eigenvalue weighted by atomic mass is 10.2. The highest BCUT2D eigenvalue weighted by molar-refractivity contribution is 6.33. The van der Waals surface area contributed by atoms with Crippen molar-refractivity contribution in [2.24, 2.45) is 0 Å². The minimum atomic E-state index is 0.632. The van der Waals surface area contributed by atoms with Crippen LogP contribution in [0.5, 0.6) is 0 Å². The highest BCUT2D eigenvalue weighted by atomic mass is 35.5. The molecule has 3 nitrogen and oxygen atoms in total. The van der Waals surface area contributed by atoms with E-state index in [1.54, 1.807) is 12.3 Å². The third-order valence-corrected chi connectivity index (χ3v) is 3.29. The topological polar surface area (TPSA) is 29.9 Å². The van der Waals surface area contributed by atoms with Crippen LogP contribution in [0.1, 0.15) is 18.2 Å². The van der Waals surface area contributed by atoms with Gasteiger partial charge in [0.2, 0.25) is 0 Å². The number of hydrogen-bond acceptors (Lipinski definition) is 2. The van der Waals surface area contributed by atoms with Gasteiger partial charge in [-0.1, -0.05) is 30.1 Å². The molecule has 96 valence electrons. The second kappa shape index (κ2) is 6.23. The van der Waals surface area contributed by atoms with Gasteiger partial charge in [-0.3, -0.25) is 4.68 Å². The van der Waals surface area contributed by atoms with Crippen LogP contribution in [0.4, 0.5) is 0 Å². The standard InChI is InChI=1S/C13H15Cl2N3/c1-2-16-8-12-5-6-17-18(12)9-10-7-11(14)3-4-13(10)15/h3-7,16H,2,8-9H2,1H3. The Kier molecular flexibility index (Phi) is 4.64. The fourth-order valence-electron chi connectivity index (χ4n) is 1.73. The minimum absolute atomic E-state index is 0.632. The van der Waals surface area contributed by atoms with Crippen molar-refractivity contribution in [3.63, 3.8) is 0 Å². The number of aromatic nitrogens is 2. The zero-order valence-electron chi connectivity index (χ0n) is 10.2. The number of nitrogens with one attached hydrogen (secondary N) is 1. The summed E-state index contributed by atoms with van der Waals surface area (Å²) in [5.41, 5.74) is 2.11. The average molecular weight is 284 g/mol. The lowest BCUT2D eigenvalue weighted by molar-refractivity contribution is 0.606. The first-order valence-corrected chi connectivity index (χ1v) is 6.61. The summed E-state index contributed by atoms with van der Waals surface area (Å²) < 4.78 is 1.93. The summed E-state index contributed by atoms with van der Waals surface area (Å²) >= 11 is 12.1. The van der Waals surface area contributed by atoms with Crippen molar-refractivity contribution in [1.29, 1.82) is 0 Å². The van der Waals surface area contributed by atoms with Crippen LogP contribution in [0.15, 0.2) is 30.5 Å². The molecule has 5 heteroatoms. The molecule has 0 saturated carbocycles. The van der Waals surface area contributed by atoms with Crippen LogP contribution < -0.4 is 5.32 Å². The summed E-state index contributed by atoms with van der Waals surface area (Å²) in [6, 6.07) is 7.48. The van der Waals surface area contributed by atoms with Crippen molar-refractivity contribution < 1.29 is 0 Å². The molecular weight excluding hydrogens is 269 g/mol. The van der Waals surface area contributed by atoms with Gasteiger partial charge < -0.3 is 5.32 Å². The molecule has 2 rings (SSSR count). The maximum absolute atomic E-state index is 6.15. The van der Waals surface area contributed by atoms with Gasteiger partial charge in [0, 0.05) is 22.8 Å². The van der Waals surface area contributed by atoms with Gasteiger partial charge in [-0.2, -0.15) is 5.10 Å². The van der Waals surface area contributed by atoms with Crippen molar-refractivity contribution in [3.8, 4) is 0 Å². The molecule has 0 radical (unpaired) electrons. The molecule has 0 bridgehead atoms. The smallest absolute Gasteiger partial charge is 0.0678 e. The second-order valence-electron chi connectivity index (χ2n) is 4.00. The van der Waals surface area contributed by atoms with Gasteiger partial charge in [0.25, 0.3) is 0 Å². The lowest BCUT2D eigenvalue weighted by Gasteiger charge is -2.09. The van der Waals surface area contributed by atoms with E-state index < -0.39 is 0 Å². The minimum Gasteiger partial charge on any atom is -0.311 e. The van der Waals surface area contributed by atoms with Crippen LogP contribution >= 0.6 is 23.2 Å². The monoisotopic (exact) mass is 283 g/mol. The Bertz CT molecular complexity index is 523. The van der Waals surface area contributed by atoms with Crippen LogP contribution in [0.3, 0.4) is 0 Å². The Balaban J connectivity index is 2.18. The largest absolute Gasteiger partial charge is 0.311 e. The third-order valence-electron chi connectivity index (χ3n) is 2.69. The van der Waals surface area contributed by atoms with E-state index in [0.717, 1.165) is 24.3 Å². The van der Waals surface area contributed by atoms with Gasteiger partial charge in [0.15, 0.2) is 0 Å². The summed E-state index contributed by atoms with van der Waals surface area (Å²) in [4.78, 5) is 0. The molecule has 1 aromatic carbocycles. The van der Waals surface area contributed by atoms with Crippen LogP contribution in [0, 0.1) is 0 Å². The molecule has 0 atom stereocenters. The maximum atomic E-state index is 6.15. The summed E-state index contributed by atoms with van der Waals surface area (Å²) in [6.45, 7) is 4.44. The predicted molar refractivity (Wildman–Crippen MR) is 75.2 cm³/mol. The average Bonchev–Trinajstić information content (AvgIpc) is 2.79. The molecule has 0 aliphatic carbocycles. The quantitative estimate of drug-likeness (QED) is 0.912. The van der Waals surface area contributed by atoms with Gasteiger partial charge in [-0.25, -0.2) is 0 Å². The Hall–Kier alpha value is -1.03. The van der Waals surface area contributed by atoms with E-state index in [9.17, 15) is 0 Å². The molecule has 0 spiro atoms. The van der Waals surface area contributed by atoms with E-state index in [-0.39, 0.29) is 0 Å². The Morgan fingerprint density at radius 2 is 2.11 bits per heavy atom. The summed E-state index contributed by atoms with van der Waals surface area (Å²) in [6.07, 6.45) is 1.80. The third kappa shape index (κ3) is 3.25. The Morgan fingerprint density at radius 3 is 2.89 bits per heavy atom. The summed E-state index contributed by atoms with van der Waals surface area (Å²) in [5.74, 6) is 0. The number of benzene rings is 1. The first-order chi connectivity index (χ1) is 8.70. The van der Waals surface area contributed by atoms with E-state index in [0.29, 0.717) is 16.6 Å². The number of nitrogens with zero attached hydrogens (tertiary/aromatic N) is 2. The van der Waals surface area contributed by atoms with Crippen molar-refractivity contribution in [1.82, 2.24) is 15.1 Å². The van der Waals surface area contributed by atoms with E-state index in [1.807, 2.05) is 22.9 Å². The van der Waals surface area contributed by atoms with Gasteiger partial charge in [-0.15, -0.1) is 0 Å². The van der Waals surface area contributed by atoms with Crippen molar-refractivity contribution in [2.45, 2.75) is 20.0 Å². The van der Waals surface area contributed by atoms with Crippen molar-refractivity contribution in [3.05, 3.63) is 51.8 Å². The van der Waals surface area contributed by atoms with Crippen molar-refractivity contribution >= 4 is 23.2 Å². The molecule has 1 heterocycles. The molecule has 0 aliphatic rings. The van der Waals surface area contributed by atoms with E-state index in [4.69, 9.17) is 23.2 Å². The summed E-state index contributed by atoms with van der Waals surface area (Å²) in [5, 5.41) is 8.99. The van der Waals surface area contributed by atoms with E-state index in [2.05, 4.69) is 17.3 Å². The zero-order chi connectivity index (χ0) is 13.0. The summed E-state index contributed by atoms with van der Waals surface area (Å²) in [7, 11) is 0. The highest BCUT2D eigenvalue weighted by Gasteiger charge is 2.06. The van der Waals surface area contributed by atoms with E-state index in [1.165, 1.54) is 0 Å². The van der Waals surface area contributed by atoms with Crippen molar-refractivity contribution in [2.75, 3.05) is 6.54 Å². The molecule has 1 aromatic heterocycles. The van der Waals surface area contributed by atoms with Gasteiger partial charge in [0.05, 0.1) is 12.2 Å². The molecule has 0 aliphatic heterocycles. The first-order valence-electron chi connectivity index (χ1n) is 5.86. The molecular formula is C13H15Cl2N3. The van der Waals surface area contributed by atoms with Gasteiger partial charge >= 0.3 is 0 Å². The number of halogens is 2. The molecule has 0 fully saturated rings. The first kappa shape index (κ1) is 13.4. The predicted octanol–water partition coefficient (Wildman–Crippen LogP) is 3.35. The molecule has 18 heavy (non-hydrogen) atoms.